The Labute approximate surface area is 192 Å². The number of esters is 1. The molecule has 0 aliphatic rings. The van der Waals surface area contributed by atoms with Gasteiger partial charge in [-0.05, 0) is 73.2 Å². The van der Waals surface area contributed by atoms with Crippen molar-refractivity contribution in [1.82, 2.24) is 10.3 Å². The molecule has 3 aromatic rings. The number of hydrogen-bond acceptors (Lipinski definition) is 6. The first kappa shape index (κ1) is 22.9. The summed E-state index contributed by atoms with van der Waals surface area (Å²) >= 11 is 5.58. The van der Waals surface area contributed by atoms with E-state index in [0.717, 1.165) is 5.56 Å². The molecule has 0 spiro atoms. The van der Waals surface area contributed by atoms with Gasteiger partial charge in [0.15, 0.2) is 5.11 Å². The number of hydrogen-bond donors (Lipinski definition) is 1. The SMILES string of the molecule is CCOC(=O)c1ccc(N(Cc2ccncc2)C(=S)NC(=O)c2ccccc2OC)cc1. The van der Waals surface area contributed by atoms with Crippen molar-refractivity contribution in [2.75, 3.05) is 18.6 Å². The molecule has 0 radical (unpaired) electrons. The van der Waals surface area contributed by atoms with Gasteiger partial charge in [-0.15, -0.1) is 0 Å². The summed E-state index contributed by atoms with van der Waals surface area (Å²) in [4.78, 5) is 30.6. The number of thiocarbonyl (C=S) groups is 1. The van der Waals surface area contributed by atoms with E-state index in [1.807, 2.05) is 12.1 Å². The van der Waals surface area contributed by atoms with Gasteiger partial charge in [-0.1, -0.05) is 12.1 Å². The van der Waals surface area contributed by atoms with Gasteiger partial charge in [0.2, 0.25) is 0 Å². The van der Waals surface area contributed by atoms with Crippen molar-refractivity contribution < 1.29 is 19.1 Å². The number of rotatable bonds is 7. The molecule has 3 rings (SSSR count). The van der Waals surface area contributed by atoms with Crippen LogP contribution in [0.1, 0.15) is 33.2 Å². The lowest BCUT2D eigenvalue weighted by Crippen LogP contribution is -2.42. The molecule has 0 atom stereocenters. The van der Waals surface area contributed by atoms with Crippen LogP contribution >= 0.6 is 12.2 Å². The molecule has 0 unspecified atom stereocenters. The lowest BCUT2D eigenvalue weighted by molar-refractivity contribution is 0.0526. The second-order valence-electron chi connectivity index (χ2n) is 6.67. The molecule has 164 valence electrons. The molecule has 0 aliphatic carbocycles. The third-order valence-corrected chi connectivity index (χ3v) is 4.92. The number of anilines is 1. The monoisotopic (exact) mass is 449 g/mol. The summed E-state index contributed by atoms with van der Waals surface area (Å²) in [6, 6.07) is 17.5. The molecule has 0 bridgehead atoms. The Morgan fingerprint density at radius 2 is 1.72 bits per heavy atom. The number of ether oxygens (including phenoxy) is 2. The zero-order valence-corrected chi connectivity index (χ0v) is 18.6. The first-order chi connectivity index (χ1) is 15.5. The highest BCUT2D eigenvalue weighted by Gasteiger charge is 2.19. The zero-order chi connectivity index (χ0) is 22.9. The minimum absolute atomic E-state index is 0.210. The fraction of sp³-hybridized carbons (Fsp3) is 0.167. The lowest BCUT2D eigenvalue weighted by Gasteiger charge is -2.26. The highest BCUT2D eigenvalue weighted by atomic mass is 32.1. The van der Waals surface area contributed by atoms with Crippen molar-refractivity contribution in [3.05, 3.63) is 89.7 Å². The molecule has 7 nitrogen and oxygen atoms in total. The number of nitrogens with one attached hydrogen (secondary N) is 1. The van der Waals surface area contributed by atoms with E-state index in [0.29, 0.717) is 35.7 Å². The minimum Gasteiger partial charge on any atom is -0.496 e. The van der Waals surface area contributed by atoms with Gasteiger partial charge in [0.1, 0.15) is 5.75 Å². The van der Waals surface area contributed by atoms with Crippen LogP contribution in [0.4, 0.5) is 5.69 Å². The van der Waals surface area contributed by atoms with E-state index >= 15 is 0 Å². The van der Waals surface area contributed by atoms with E-state index in [-0.39, 0.29) is 11.0 Å². The number of nitrogens with zero attached hydrogens (tertiary/aromatic N) is 2. The largest absolute Gasteiger partial charge is 0.496 e. The van der Waals surface area contributed by atoms with Crippen molar-refractivity contribution in [3.63, 3.8) is 0 Å². The van der Waals surface area contributed by atoms with Crippen LogP contribution in [-0.2, 0) is 11.3 Å². The number of amides is 1. The van der Waals surface area contributed by atoms with Gasteiger partial charge in [-0.25, -0.2) is 4.79 Å². The number of carbonyl (C=O) groups is 2. The summed E-state index contributed by atoms with van der Waals surface area (Å²) in [6.07, 6.45) is 3.38. The molecule has 8 heteroatoms. The topological polar surface area (TPSA) is 80.8 Å². The van der Waals surface area contributed by atoms with Crippen LogP contribution in [0.3, 0.4) is 0 Å². The van der Waals surface area contributed by atoms with E-state index in [9.17, 15) is 9.59 Å². The van der Waals surface area contributed by atoms with Crippen LogP contribution in [0, 0.1) is 0 Å². The van der Waals surface area contributed by atoms with Gasteiger partial charge in [-0.3, -0.25) is 15.1 Å². The van der Waals surface area contributed by atoms with Crippen molar-refractivity contribution in [2.45, 2.75) is 13.5 Å². The zero-order valence-electron chi connectivity index (χ0n) is 17.8. The minimum atomic E-state index is -0.396. The predicted octanol–water partition coefficient (Wildman–Crippen LogP) is 3.99. The molecule has 0 saturated heterocycles. The predicted molar refractivity (Wildman–Crippen MR) is 126 cm³/mol. The number of pyridine rings is 1. The number of carbonyl (C=O) groups excluding carboxylic acids is 2. The van der Waals surface area contributed by atoms with Crippen LogP contribution in [0.15, 0.2) is 73.1 Å². The molecule has 1 heterocycles. The third-order valence-electron chi connectivity index (χ3n) is 4.60. The fourth-order valence-corrected chi connectivity index (χ4v) is 3.27. The summed E-state index contributed by atoms with van der Waals surface area (Å²) in [7, 11) is 1.51. The number of benzene rings is 2. The van der Waals surface area contributed by atoms with E-state index in [4.69, 9.17) is 21.7 Å². The molecule has 1 N–H and O–H groups in total. The second kappa shape index (κ2) is 11.0. The molecular weight excluding hydrogens is 426 g/mol. The highest BCUT2D eigenvalue weighted by molar-refractivity contribution is 7.80. The Balaban J connectivity index is 1.86. The van der Waals surface area contributed by atoms with Gasteiger partial charge in [-0.2, -0.15) is 0 Å². The molecule has 32 heavy (non-hydrogen) atoms. The van der Waals surface area contributed by atoms with Crippen molar-refractivity contribution in [2.24, 2.45) is 0 Å². The Morgan fingerprint density at radius 3 is 2.38 bits per heavy atom. The summed E-state index contributed by atoms with van der Waals surface area (Å²) in [5, 5.41) is 2.99. The van der Waals surface area contributed by atoms with E-state index in [1.54, 1.807) is 72.7 Å². The van der Waals surface area contributed by atoms with Crippen LogP contribution in [0.2, 0.25) is 0 Å². The molecule has 0 saturated carbocycles. The van der Waals surface area contributed by atoms with Crippen LogP contribution < -0.4 is 15.0 Å². The number of methoxy groups -OCH3 is 1. The van der Waals surface area contributed by atoms with Crippen molar-refractivity contribution in [1.29, 1.82) is 0 Å². The lowest BCUT2D eigenvalue weighted by atomic mass is 10.1. The van der Waals surface area contributed by atoms with E-state index < -0.39 is 5.97 Å². The fourth-order valence-electron chi connectivity index (χ4n) is 3.01. The molecule has 0 aliphatic heterocycles. The number of aromatic nitrogens is 1. The Kier molecular flexibility index (Phi) is 7.88. The van der Waals surface area contributed by atoms with Gasteiger partial charge in [0.25, 0.3) is 5.91 Å². The van der Waals surface area contributed by atoms with Gasteiger partial charge >= 0.3 is 5.97 Å². The molecule has 1 aromatic heterocycles. The van der Waals surface area contributed by atoms with E-state index in [2.05, 4.69) is 10.3 Å². The normalized spacial score (nSPS) is 10.2. The third kappa shape index (κ3) is 5.67. The first-order valence-corrected chi connectivity index (χ1v) is 10.4. The molecule has 2 aromatic carbocycles. The average molecular weight is 450 g/mol. The average Bonchev–Trinajstić information content (AvgIpc) is 2.83. The van der Waals surface area contributed by atoms with Crippen LogP contribution in [0.25, 0.3) is 0 Å². The van der Waals surface area contributed by atoms with E-state index in [1.165, 1.54) is 7.11 Å². The maximum absolute atomic E-state index is 12.9. The standard InChI is InChI=1S/C24H23N3O4S/c1-3-31-23(29)18-8-10-19(11-9-18)27(16-17-12-14-25-15-13-17)24(32)26-22(28)20-6-4-5-7-21(20)30-2/h4-15H,3,16H2,1-2H3,(H,26,28,32). The summed E-state index contributed by atoms with van der Waals surface area (Å²) in [5.74, 6) is -0.325. The van der Waals surface area contributed by atoms with Crippen LogP contribution in [-0.4, -0.2) is 35.7 Å². The molecular formula is C24H23N3O4S. The van der Waals surface area contributed by atoms with Crippen LogP contribution in [0.5, 0.6) is 5.75 Å². The van der Waals surface area contributed by atoms with Gasteiger partial charge in [0.05, 0.1) is 31.4 Å². The smallest absolute Gasteiger partial charge is 0.338 e. The summed E-state index contributed by atoms with van der Waals surface area (Å²) < 4.78 is 10.3. The Hall–Kier alpha value is -3.78. The number of para-hydroxylation sites is 1. The molecule has 0 fully saturated rings. The van der Waals surface area contributed by atoms with Crippen molar-refractivity contribution in [3.8, 4) is 5.75 Å². The van der Waals surface area contributed by atoms with Crippen molar-refractivity contribution >= 4 is 34.9 Å². The molecule has 1 amide bonds. The second-order valence-corrected chi connectivity index (χ2v) is 7.06. The highest BCUT2D eigenvalue weighted by Crippen LogP contribution is 2.21. The Morgan fingerprint density at radius 1 is 1.03 bits per heavy atom. The summed E-state index contributed by atoms with van der Waals surface area (Å²) in [6.45, 7) is 2.45. The summed E-state index contributed by atoms with van der Waals surface area (Å²) in [5.41, 5.74) is 2.46. The quantitative estimate of drug-likeness (QED) is 0.431. The van der Waals surface area contributed by atoms with Gasteiger partial charge < -0.3 is 14.4 Å². The van der Waals surface area contributed by atoms with Gasteiger partial charge in [0, 0.05) is 18.1 Å². The maximum Gasteiger partial charge on any atom is 0.338 e. The maximum atomic E-state index is 12.9. The Bertz CT molecular complexity index is 1090. The first-order valence-electron chi connectivity index (χ1n) is 9.95.